The summed E-state index contributed by atoms with van der Waals surface area (Å²) in [6.45, 7) is 4.99. The Balaban J connectivity index is 3.36. The van der Waals surface area contributed by atoms with E-state index in [0.29, 0.717) is 25.9 Å². The van der Waals surface area contributed by atoms with Gasteiger partial charge >= 0.3 is 5.97 Å². The van der Waals surface area contributed by atoms with E-state index in [-0.39, 0.29) is 18.5 Å². The van der Waals surface area contributed by atoms with E-state index in [1.165, 1.54) is 327 Å². The number of hydrogen-bond donors (Lipinski definition) is 3. The predicted molar refractivity (Wildman–Crippen MR) is 333 cm³/mol. The van der Waals surface area contributed by atoms with Crippen molar-refractivity contribution < 1.29 is 24.5 Å². The smallest absolute Gasteiger partial charge is 0.305 e. The van der Waals surface area contributed by atoms with Crippen molar-refractivity contribution in [1.82, 2.24) is 5.32 Å². The van der Waals surface area contributed by atoms with Gasteiger partial charge in [-0.3, -0.25) is 9.59 Å². The lowest BCUT2D eigenvalue weighted by molar-refractivity contribution is -0.143. The van der Waals surface area contributed by atoms with Crippen LogP contribution < -0.4 is 5.32 Å². The quantitative estimate of drug-likeness (QED) is 0.0320. The highest BCUT2D eigenvalue weighted by atomic mass is 16.5. The maximum atomic E-state index is 12.5. The zero-order valence-corrected chi connectivity index (χ0v) is 51.8. The van der Waals surface area contributed by atoms with Crippen molar-refractivity contribution in [1.29, 1.82) is 0 Å². The number of aliphatic hydroxyl groups excluding tert-OH is 2. The van der Waals surface area contributed by atoms with Gasteiger partial charge in [0.25, 0.3) is 0 Å². The molecule has 452 valence electrons. The van der Waals surface area contributed by atoms with Crippen molar-refractivity contribution in [2.45, 2.75) is 411 Å². The van der Waals surface area contributed by atoms with Crippen molar-refractivity contribution in [3.05, 3.63) is 12.2 Å². The second-order valence-electron chi connectivity index (χ2n) is 24.2. The maximum Gasteiger partial charge on any atom is 0.305 e. The van der Waals surface area contributed by atoms with Gasteiger partial charge in [-0.05, 0) is 51.4 Å². The summed E-state index contributed by atoms with van der Waals surface area (Å²) in [7, 11) is 0. The summed E-state index contributed by atoms with van der Waals surface area (Å²) in [6, 6.07) is -0.541. The first kappa shape index (κ1) is 74.6. The Morgan fingerprint density at radius 3 is 0.934 bits per heavy atom. The van der Waals surface area contributed by atoms with Gasteiger partial charge in [-0.1, -0.05) is 347 Å². The van der Waals surface area contributed by atoms with Gasteiger partial charge in [-0.25, -0.2) is 0 Å². The predicted octanol–water partition coefficient (Wildman–Crippen LogP) is 22.4. The van der Waals surface area contributed by atoms with E-state index in [9.17, 15) is 19.8 Å². The van der Waals surface area contributed by atoms with Crippen molar-refractivity contribution >= 4 is 11.9 Å². The lowest BCUT2D eigenvalue weighted by Crippen LogP contribution is -2.45. The van der Waals surface area contributed by atoms with Gasteiger partial charge in [0.2, 0.25) is 5.91 Å². The molecule has 0 bridgehead atoms. The minimum absolute atomic E-state index is 0.0197. The molecule has 6 heteroatoms. The molecule has 0 saturated heterocycles. The molecule has 1 amide bonds. The number of nitrogens with one attached hydrogen (secondary N) is 1. The van der Waals surface area contributed by atoms with Crippen LogP contribution in [-0.4, -0.2) is 47.4 Å². The summed E-state index contributed by atoms with van der Waals surface area (Å²) in [5.74, 6) is -0.0117. The van der Waals surface area contributed by atoms with Crippen LogP contribution in [0.3, 0.4) is 0 Å². The summed E-state index contributed by atoms with van der Waals surface area (Å²) in [5.41, 5.74) is 0. The van der Waals surface area contributed by atoms with Gasteiger partial charge in [-0.2, -0.15) is 0 Å². The summed E-state index contributed by atoms with van der Waals surface area (Å²) in [5, 5.41) is 23.3. The number of ether oxygens (including phenoxy) is 1. The van der Waals surface area contributed by atoms with Crippen LogP contribution in [0.2, 0.25) is 0 Å². The topological polar surface area (TPSA) is 95.9 Å². The van der Waals surface area contributed by atoms with Crippen LogP contribution in [0.15, 0.2) is 12.2 Å². The molecule has 0 saturated carbocycles. The fourth-order valence-corrected chi connectivity index (χ4v) is 11.2. The molecule has 0 aromatic heterocycles. The zero-order chi connectivity index (χ0) is 55.0. The normalized spacial score (nSPS) is 12.5. The Bertz CT molecular complexity index is 1140. The third-order valence-corrected chi connectivity index (χ3v) is 16.6. The van der Waals surface area contributed by atoms with E-state index in [1.807, 2.05) is 0 Å². The Morgan fingerprint density at radius 1 is 0.355 bits per heavy atom. The average molecular weight is 1070 g/mol. The van der Waals surface area contributed by atoms with E-state index >= 15 is 0 Å². The van der Waals surface area contributed by atoms with Crippen LogP contribution in [-0.2, 0) is 14.3 Å². The van der Waals surface area contributed by atoms with E-state index in [0.717, 1.165) is 38.5 Å². The molecular formula is C70H137NO5. The standard InChI is InChI=1S/C70H137NO5/c1-3-5-7-9-11-13-15-17-19-35-38-42-46-50-54-58-62-68(73)67(66-72)71-69(74)63-59-55-51-47-43-39-36-32-30-28-26-24-22-20-21-23-25-27-29-31-33-37-41-45-49-53-57-61-65-76-70(75)64-60-56-52-48-44-40-34-18-16-14-12-10-8-6-4-2/h20-21,67-68,72-73H,3-19,22-66H2,1-2H3,(H,71,74)/b21-20-. The monoisotopic (exact) mass is 1070 g/mol. The van der Waals surface area contributed by atoms with Crippen molar-refractivity contribution in [2.75, 3.05) is 13.2 Å². The molecule has 0 fully saturated rings. The molecule has 2 atom stereocenters. The number of carbonyl (C=O) groups excluding carboxylic acids is 2. The molecule has 0 rings (SSSR count). The zero-order valence-electron chi connectivity index (χ0n) is 51.8. The van der Waals surface area contributed by atoms with Gasteiger partial charge in [-0.15, -0.1) is 0 Å². The highest BCUT2D eigenvalue weighted by Gasteiger charge is 2.20. The SMILES string of the molecule is CCCCCCCCCCCCCCCCCCC(O)C(CO)NC(=O)CCCCCCCCCCCCCC/C=C\CCCCCCCCCCCCCCOC(=O)CCCCCCCCCCCCCCCCC. The Kier molecular flexibility index (Phi) is 64.9. The van der Waals surface area contributed by atoms with E-state index in [1.54, 1.807) is 0 Å². The van der Waals surface area contributed by atoms with Crippen molar-refractivity contribution in [3.63, 3.8) is 0 Å². The van der Waals surface area contributed by atoms with Crippen LogP contribution >= 0.6 is 0 Å². The second kappa shape index (κ2) is 66.1. The minimum Gasteiger partial charge on any atom is -0.466 e. The van der Waals surface area contributed by atoms with Crippen molar-refractivity contribution in [3.8, 4) is 0 Å². The number of hydrogen-bond acceptors (Lipinski definition) is 5. The molecule has 3 N–H and O–H groups in total. The van der Waals surface area contributed by atoms with Gasteiger partial charge in [0.05, 0.1) is 25.4 Å². The highest BCUT2D eigenvalue weighted by molar-refractivity contribution is 5.76. The number of aliphatic hydroxyl groups is 2. The van der Waals surface area contributed by atoms with Gasteiger partial charge < -0.3 is 20.3 Å². The number of allylic oxidation sites excluding steroid dienone is 2. The minimum atomic E-state index is -0.663. The largest absolute Gasteiger partial charge is 0.466 e. The second-order valence-corrected chi connectivity index (χ2v) is 24.2. The van der Waals surface area contributed by atoms with E-state index in [2.05, 4.69) is 31.3 Å². The number of amides is 1. The number of rotatable bonds is 66. The number of carbonyl (C=O) groups is 2. The van der Waals surface area contributed by atoms with Crippen molar-refractivity contribution in [2.24, 2.45) is 0 Å². The molecule has 0 heterocycles. The molecule has 0 aromatic rings. The lowest BCUT2D eigenvalue weighted by atomic mass is 10.0. The first-order valence-electron chi connectivity index (χ1n) is 34.9. The van der Waals surface area contributed by atoms with Gasteiger partial charge in [0, 0.05) is 12.8 Å². The first-order chi connectivity index (χ1) is 37.5. The van der Waals surface area contributed by atoms with Crippen LogP contribution in [0.5, 0.6) is 0 Å². The molecule has 6 nitrogen and oxygen atoms in total. The molecule has 0 aliphatic heterocycles. The number of unbranched alkanes of at least 4 members (excludes halogenated alkanes) is 53. The fraction of sp³-hybridized carbons (Fsp3) is 0.943. The third kappa shape index (κ3) is 61.8. The third-order valence-electron chi connectivity index (χ3n) is 16.6. The number of esters is 1. The van der Waals surface area contributed by atoms with Crippen LogP contribution in [0.1, 0.15) is 399 Å². The molecular weight excluding hydrogens is 935 g/mol. The molecule has 0 spiro atoms. The Morgan fingerprint density at radius 2 is 0.618 bits per heavy atom. The fourth-order valence-electron chi connectivity index (χ4n) is 11.2. The first-order valence-corrected chi connectivity index (χ1v) is 34.9. The highest BCUT2D eigenvalue weighted by Crippen LogP contribution is 2.19. The summed E-state index contributed by atoms with van der Waals surface area (Å²) in [6.07, 6.45) is 81.1. The Hall–Kier alpha value is -1.40. The van der Waals surface area contributed by atoms with Gasteiger partial charge in [0.1, 0.15) is 0 Å². The molecule has 0 aliphatic carbocycles. The maximum absolute atomic E-state index is 12.5. The summed E-state index contributed by atoms with van der Waals surface area (Å²) < 4.78 is 5.50. The average Bonchev–Trinajstić information content (AvgIpc) is 3.42. The van der Waals surface area contributed by atoms with E-state index in [4.69, 9.17) is 4.74 Å². The lowest BCUT2D eigenvalue weighted by Gasteiger charge is -2.22. The summed E-state index contributed by atoms with van der Waals surface area (Å²) in [4.78, 5) is 24.6. The van der Waals surface area contributed by atoms with Gasteiger partial charge in [0.15, 0.2) is 0 Å². The van der Waals surface area contributed by atoms with Crippen LogP contribution in [0.25, 0.3) is 0 Å². The molecule has 2 unspecified atom stereocenters. The molecule has 0 aliphatic rings. The Labute approximate surface area is 476 Å². The molecule has 0 aromatic carbocycles. The van der Waals surface area contributed by atoms with E-state index < -0.39 is 12.1 Å². The summed E-state index contributed by atoms with van der Waals surface area (Å²) >= 11 is 0. The van der Waals surface area contributed by atoms with Crippen LogP contribution in [0.4, 0.5) is 0 Å². The molecule has 0 radical (unpaired) electrons. The molecule has 76 heavy (non-hydrogen) atoms. The van der Waals surface area contributed by atoms with Crippen LogP contribution in [0, 0.1) is 0 Å².